The molecule has 2 fully saturated rings. The highest BCUT2D eigenvalue weighted by molar-refractivity contribution is 5.88. The van der Waals surface area contributed by atoms with E-state index in [1.807, 2.05) is 12.3 Å². The van der Waals surface area contributed by atoms with Gasteiger partial charge in [-0.25, -0.2) is 0 Å². The molecule has 29 heavy (non-hydrogen) atoms. The maximum absolute atomic E-state index is 12.1. The summed E-state index contributed by atoms with van der Waals surface area (Å²) in [6.07, 6.45) is 15.2. The van der Waals surface area contributed by atoms with Crippen LogP contribution in [0, 0.1) is 28.6 Å². The van der Waals surface area contributed by atoms with Gasteiger partial charge in [0.25, 0.3) is 0 Å². The zero-order valence-electron chi connectivity index (χ0n) is 17.8. The van der Waals surface area contributed by atoms with Gasteiger partial charge in [0.05, 0.1) is 13.3 Å². The molecule has 4 nitrogen and oxygen atoms in total. The van der Waals surface area contributed by atoms with Gasteiger partial charge in [-0.2, -0.15) is 0 Å². The minimum Gasteiger partial charge on any atom is -0.495 e. The third kappa shape index (κ3) is 2.78. The lowest BCUT2D eigenvalue weighted by molar-refractivity contribution is -0.116. The fourth-order valence-electron chi connectivity index (χ4n) is 7.26. The molecule has 1 aromatic rings. The Bertz CT molecular complexity index is 904. The molecule has 1 aliphatic heterocycles. The second-order valence-corrected chi connectivity index (χ2v) is 9.97. The van der Waals surface area contributed by atoms with Crippen molar-refractivity contribution in [3.8, 4) is 5.75 Å². The Hall–Kier alpha value is -2.10. The van der Waals surface area contributed by atoms with Gasteiger partial charge in [0.15, 0.2) is 0 Å². The van der Waals surface area contributed by atoms with Crippen LogP contribution in [0.25, 0.3) is 5.57 Å². The number of ether oxygens (including phenoxy) is 1. The summed E-state index contributed by atoms with van der Waals surface area (Å²) in [4.78, 5) is 16.5. The summed E-state index contributed by atoms with van der Waals surface area (Å²) >= 11 is 0. The summed E-state index contributed by atoms with van der Waals surface area (Å²) in [5, 5.41) is 3.07. The van der Waals surface area contributed by atoms with E-state index in [0.29, 0.717) is 11.8 Å². The fraction of sp³-hybridized carbons (Fsp3) is 0.600. The molecule has 4 heteroatoms. The van der Waals surface area contributed by atoms with Crippen LogP contribution in [0.3, 0.4) is 0 Å². The lowest BCUT2D eigenvalue weighted by Gasteiger charge is -2.57. The molecule has 1 amide bonds. The lowest BCUT2D eigenvalue weighted by atomic mass is 9.47. The van der Waals surface area contributed by atoms with Crippen molar-refractivity contribution >= 4 is 11.5 Å². The minimum absolute atomic E-state index is 0.109. The number of allylic oxidation sites excluding steroid dienone is 3. The Morgan fingerprint density at radius 1 is 1.14 bits per heavy atom. The number of aromatic nitrogens is 1. The van der Waals surface area contributed by atoms with Crippen LogP contribution in [0.15, 0.2) is 36.2 Å². The van der Waals surface area contributed by atoms with Crippen LogP contribution in [0.4, 0.5) is 0 Å². The first kappa shape index (κ1) is 18.9. The van der Waals surface area contributed by atoms with Gasteiger partial charge < -0.3 is 10.1 Å². The number of pyridine rings is 1. The van der Waals surface area contributed by atoms with Crippen molar-refractivity contribution in [3.63, 3.8) is 0 Å². The maximum atomic E-state index is 12.1. The van der Waals surface area contributed by atoms with E-state index in [1.54, 1.807) is 13.3 Å². The van der Waals surface area contributed by atoms with Gasteiger partial charge in [0.1, 0.15) is 5.75 Å². The number of nitrogens with zero attached hydrogens (tertiary/aromatic N) is 1. The monoisotopic (exact) mass is 392 g/mol. The van der Waals surface area contributed by atoms with Crippen LogP contribution < -0.4 is 10.1 Å². The second-order valence-electron chi connectivity index (χ2n) is 9.97. The predicted octanol–water partition coefficient (Wildman–Crippen LogP) is 4.77. The molecule has 154 valence electrons. The second kappa shape index (κ2) is 6.72. The highest BCUT2D eigenvalue weighted by Gasteiger charge is 2.56. The van der Waals surface area contributed by atoms with Gasteiger partial charge in [-0.3, -0.25) is 9.78 Å². The highest BCUT2D eigenvalue weighted by atomic mass is 16.5. The molecule has 2 heterocycles. The average Bonchev–Trinajstić information content (AvgIpc) is 2.99. The number of amides is 1. The van der Waals surface area contributed by atoms with Crippen molar-refractivity contribution in [1.82, 2.24) is 10.3 Å². The van der Waals surface area contributed by atoms with Gasteiger partial charge in [0.2, 0.25) is 5.91 Å². The fourth-order valence-corrected chi connectivity index (χ4v) is 7.26. The van der Waals surface area contributed by atoms with Crippen LogP contribution in [0.5, 0.6) is 5.75 Å². The molecule has 0 radical (unpaired) electrons. The molecule has 0 saturated heterocycles. The van der Waals surface area contributed by atoms with E-state index in [2.05, 4.69) is 36.3 Å². The Labute approximate surface area is 173 Å². The largest absolute Gasteiger partial charge is 0.495 e. The molecule has 0 aromatic carbocycles. The summed E-state index contributed by atoms with van der Waals surface area (Å²) in [6, 6.07) is 2.14. The Morgan fingerprint density at radius 3 is 2.83 bits per heavy atom. The van der Waals surface area contributed by atoms with E-state index in [1.165, 1.54) is 36.0 Å². The summed E-state index contributed by atoms with van der Waals surface area (Å²) in [6.45, 7) is 5.73. The van der Waals surface area contributed by atoms with Crippen LogP contribution in [-0.4, -0.2) is 24.5 Å². The van der Waals surface area contributed by atoms with E-state index >= 15 is 0 Å². The molecule has 1 aromatic heterocycles. The standard InChI is InChI=1S/C25H32N2O2/c1-24-10-11-27-23(28)13-17(24)4-5-19-21-7-6-20(25(21,2)9-8-22(19)24)16-12-18(29-3)15-26-14-16/h6,12-15,19,21-22H,4-5,7-11H2,1-3H3,(H,27,28). The van der Waals surface area contributed by atoms with E-state index in [4.69, 9.17) is 4.74 Å². The van der Waals surface area contributed by atoms with Crippen LogP contribution in [0.2, 0.25) is 0 Å². The molecule has 5 rings (SSSR count). The van der Waals surface area contributed by atoms with Gasteiger partial charge in [-0.1, -0.05) is 25.5 Å². The number of carbonyl (C=O) groups excluding carboxylic acids is 1. The predicted molar refractivity (Wildman–Crippen MR) is 114 cm³/mol. The summed E-state index contributed by atoms with van der Waals surface area (Å²) < 4.78 is 5.43. The zero-order chi connectivity index (χ0) is 20.2. The highest BCUT2D eigenvalue weighted by Crippen LogP contribution is 2.66. The first-order valence-electron chi connectivity index (χ1n) is 11.1. The van der Waals surface area contributed by atoms with Gasteiger partial charge in [-0.15, -0.1) is 0 Å². The van der Waals surface area contributed by atoms with E-state index in [-0.39, 0.29) is 16.7 Å². The van der Waals surface area contributed by atoms with Crippen LogP contribution >= 0.6 is 0 Å². The maximum Gasteiger partial charge on any atom is 0.243 e. The Morgan fingerprint density at radius 2 is 2.00 bits per heavy atom. The molecule has 3 aliphatic carbocycles. The van der Waals surface area contributed by atoms with Gasteiger partial charge >= 0.3 is 0 Å². The number of fused-ring (bicyclic) bond motifs is 5. The number of hydrogen-bond acceptors (Lipinski definition) is 3. The van der Waals surface area contributed by atoms with E-state index in [9.17, 15) is 4.79 Å². The smallest absolute Gasteiger partial charge is 0.243 e. The third-order valence-corrected chi connectivity index (χ3v) is 8.83. The molecule has 1 N–H and O–H groups in total. The number of carbonyl (C=O) groups is 1. The number of hydrogen-bond donors (Lipinski definition) is 1. The van der Waals surface area contributed by atoms with Crippen molar-refractivity contribution in [2.75, 3.05) is 13.7 Å². The molecule has 2 saturated carbocycles. The number of rotatable bonds is 2. The van der Waals surface area contributed by atoms with Crippen LogP contribution in [-0.2, 0) is 4.79 Å². The summed E-state index contributed by atoms with van der Waals surface area (Å²) in [7, 11) is 1.71. The summed E-state index contributed by atoms with van der Waals surface area (Å²) in [5.74, 6) is 3.05. The van der Waals surface area contributed by atoms with Crippen molar-refractivity contribution < 1.29 is 9.53 Å². The van der Waals surface area contributed by atoms with Gasteiger partial charge in [0, 0.05) is 18.8 Å². The minimum atomic E-state index is 0.109. The van der Waals surface area contributed by atoms with Crippen molar-refractivity contribution in [2.45, 2.75) is 52.4 Å². The molecule has 0 spiro atoms. The van der Waals surface area contributed by atoms with E-state index < -0.39 is 0 Å². The zero-order valence-corrected chi connectivity index (χ0v) is 17.8. The molecule has 5 atom stereocenters. The lowest BCUT2D eigenvalue weighted by Crippen LogP contribution is -2.49. The quantitative estimate of drug-likeness (QED) is 0.788. The normalized spacial score (nSPS) is 38.6. The SMILES string of the molecule is COc1cncc(C2=CCC3C4CCC5=CC(=O)NCCC5(C)C4CCC23C)c1. The van der Waals surface area contributed by atoms with Crippen molar-refractivity contribution in [1.29, 1.82) is 0 Å². The number of nitrogens with one attached hydrogen (secondary N) is 1. The molecule has 0 bridgehead atoms. The topological polar surface area (TPSA) is 51.2 Å². The van der Waals surface area contributed by atoms with Crippen molar-refractivity contribution in [3.05, 3.63) is 41.7 Å². The first-order valence-corrected chi connectivity index (χ1v) is 11.1. The Kier molecular flexibility index (Phi) is 4.38. The van der Waals surface area contributed by atoms with E-state index in [0.717, 1.165) is 37.5 Å². The Balaban J connectivity index is 1.46. The molecular formula is C25H32N2O2. The van der Waals surface area contributed by atoms with Gasteiger partial charge in [-0.05, 0) is 84.3 Å². The number of methoxy groups -OCH3 is 1. The van der Waals surface area contributed by atoms with Crippen LogP contribution in [0.1, 0.15) is 57.9 Å². The molecular weight excluding hydrogens is 360 g/mol. The molecule has 5 unspecified atom stereocenters. The van der Waals surface area contributed by atoms with Crippen molar-refractivity contribution in [2.24, 2.45) is 28.6 Å². The summed E-state index contributed by atoms with van der Waals surface area (Å²) in [5.41, 5.74) is 4.48. The average molecular weight is 393 g/mol. The molecule has 4 aliphatic rings. The first-order chi connectivity index (χ1) is 14.0. The third-order valence-electron chi connectivity index (χ3n) is 8.83.